The summed E-state index contributed by atoms with van der Waals surface area (Å²) in [6.45, 7) is 6.20. The Hall–Kier alpha value is -2.50. The van der Waals surface area contributed by atoms with Gasteiger partial charge in [-0.15, -0.1) is 0 Å². The maximum Gasteiger partial charge on any atom is 0.247 e. The maximum atomic E-state index is 14.5. The Balaban J connectivity index is 1.70. The molecule has 0 saturated heterocycles. The Morgan fingerprint density at radius 2 is 1.93 bits per heavy atom. The summed E-state index contributed by atoms with van der Waals surface area (Å²) >= 11 is 0. The number of halogens is 2. The van der Waals surface area contributed by atoms with Crippen molar-refractivity contribution in [3.63, 3.8) is 0 Å². The van der Waals surface area contributed by atoms with Crippen LogP contribution >= 0.6 is 0 Å². The lowest BCUT2D eigenvalue weighted by atomic mass is 9.94. The first-order valence-corrected chi connectivity index (χ1v) is 9.38. The van der Waals surface area contributed by atoms with Crippen LogP contribution in [0.2, 0.25) is 0 Å². The molecule has 0 N–H and O–H groups in total. The van der Waals surface area contributed by atoms with Crippen LogP contribution in [0.15, 0.2) is 28.8 Å². The number of aromatic nitrogens is 3. The minimum atomic E-state index is -0.614. The van der Waals surface area contributed by atoms with Crippen molar-refractivity contribution in [1.29, 1.82) is 0 Å². The number of hydrogen-bond donors (Lipinski definition) is 0. The first-order valence-electron chi connectivity index (χ1n) is 9.38. The number of oxazole rings is 1. The van der Waals surface area contributed by atoms with E-state index in [0.29, 0.717) is 23.4 Å². The SMILES string of the molecule is CC(C)(C)c1cnc(-c2nn(-c3ccc(F)cc3F)c3c2[C@@H]2CC[C@@H]3C2)o1. The van der Waals surface area contributed by atoms with Crippen molar-refractivity contribution < 1.29 is 13.2 Å². The molecule has 6 heteroatoms. The van der Waals surface area contributed by atoms with Gasteiger partial charge in [0.1, 0.15) is 17.3 Å². The predicted molar refractivity (Wildman–Crippen MR) is 97.0 cm³/mol. The molecule has 1 fully saturated rings. The van der Waals surface area contributed by atoms with E-state index in [-0.39, 0.29) is 11.1 Å². The van der Waals surface area contributed by atoms with Crippen molar-refractivity contribution in [3.05, 3.63) is 53.0 Å². The van der Waals surface area contributed by atoms with Gasteiger partial charge in [0.15, 0.2) is 11.5 Å². The van der Waals surface area contributed by atoms with Crippen LogP contribution < -0.4 is 0 Å². The number of fused-ring (bicyclic) bond motifs is 5. The van der Waals surface area contributed by atoms with E-state index in [2.05, 4.69) is 25.8 Å². The van der Waals surface area contributed by atoms with Gasteiger partial charge < -0.3 is 4.42 Å². The van der Waals surface area contributed by atoms with Gasteiger partial charge in [-0.3, -0.25) is 0 Å². The average molecular weight is 369 g/mol. The summed E-state index contributed by atoms with van der Waals surface area (Å²) in [6, 6.07) is 3.62. The summed E-state index contributed by atoms with van der Waals surface area (Å²) in [5.41, 5.74) is 2.96. The van der Waals surface area contributed by atoms with Gasteiger partial charge in [0.2, 0.25) is 5.89 Å². The van der Waals surface area contributed by atoms with E-state index in [9.17, 15) is 8.78 Å². The lowest BCUT2D eigenvalue weighted by Crippen LogP contribution is -2.09. The van der Waals surface area contributed by atoms with E-state index in [1.807, 2.05) is 0 Å². The highest BCUT2D eigenvalue weighted by atomic mass is 19.1. The van der Waals surface area contributed by atoms with Crippen LogP contribution in [-0.2, 0) is 5.41 Å². The van der Waals surface area contributed by atoms with E-state index in [1.54, 1.807) is 10.9 Å². The van der Waals surface area contributed by atoms with Crippen LogP contribution in [0.3, 0.4) is 0 Å². The summed E-state index contributed by atoms with van der Waals surface area (Å²) in [5.74, 6) is 0.818. The fourth-order valence-corrected chi connectivity index (χ4v) is 4.46. The standard InChI is InChI=1S/C21H21F2N3O/c1-21(2,3)16-10-24-20(27-16)18-17-11-4-5-12(8-11)19(17)26(25-18)15-7-6-13(22)9-14(15)23/h6-7,9-12H,4-5,8H2,1-3H3/t11-,12-/m1/s1. The highest BCUT2D eigenvalue weighted by Crippen LogP contribution is 2.56. The molecule has 0 aliphatic heterocycles. The fraction of sp³-hybridized carbons (Fsp3) is 0.429. The molecule has 0 amide bonds. The summed E-state index contributed by atoms with van der Waals surface area (Å²) < 4.78 is 35.5. The van der Waals surface area contributed by atoms with Crippen molar-refractivity contribution in [2.45, 2.75) is 57.3 Å². The third kappa shape index (κ3) is 2.46. The first-order chi connectivity index (χ1) is 12.8. The minimum absolute atomic E-state index is 0.154. The molecule has 3 aromatic rings. The number of nitrogens with zero attached hydrogens (tertiary/aromatic N) is 3. The Morgan fingerprint density at radius 1 is 1.15 bits per heavy atom. The van der Waals surface area contributed by atoms with Crippen LogP contribution in [0.4, 0.5) is 8.78 Å². The molecule has 2 atom stereocenters. The second kappa shape index (κ2) is 5.50. The molecule has 5 rings (SSSR count). The molecule has 140 valence electrons. The summed E-state index contributed by atoms with van der Waals surface area (Å²) in [4.78, 5) is 4.46. The Bertz CT molecular complexity index is 1040. The monoisotopic (exact) mass is 369 g/mol. The quantitative estimate of drug-likeness (QED) is 0.602. The zero-order valence-electron chi connectivity index (χ0n) is 15.6. The van der Waals surface area contributed by atoms with E-state index in [0.717, 1.165) is 42.3 Å². The summed E-state index contributed by atoms with van der Waals surface area (Å²) in [6.07, 6.45) is 4.97. The molecule has 27 heavy (non-hydrogen) atoms. The molecule has 4 nitrogen and oxygen atoms in total. The van der Waals surface area contributed by atoms with E-state index >= 15 is 0 Å². The minimum Gasteiger partial charge on any atom is -0.439 e. The van der Waals surface area contributed by atoms with Gasteiger partial charge in [-0.1, -0.05) is 20.8 Å². The number of benzene rings is 1. The molecule has 1 saturated carbocycles. The van der Waals surface area contributed by atoms with Gasteiger partial charge in [0, 0.05) is 23.0 Å². The average Bonchev–Trinajstić information content (AvgIpc) is 3.35. The van der Waals surface area contributed by atoms with Gasteiger partial charge in [-0.2, -0.15) is 5.10 Å². The Morgan fingerprint density at radius 3 is 2.63 bits per heavy atom. The number of rotatable bonds is 2. The predicted octanol–water partition coefficient (Wildman–Crippen LogP) is 5.47. The molecule has 1 aromatic carbocycles. The molecule has 2 bridgehead atoms. The van der Waals surface area contributed by atoms with Gasteiger partial charge in [0.05, 0.1) is 11.9 Å². The smallest absolute Gasteiger partial charge is 0.247 e. The third-order valence-electron chi connectivity index (χ3n) is 5.77. The topological polar surface area (TPSA) is 43.9 Å². The van der Waals surface area contributed by atoms with Crippen LogP contribution in [0.5, 0.6) is 0 Å². The molecular formula is C21H21F2N3O. The molecule has 2 aromatic heterocycles. The molecule has 0 spiro atoms. The first kappa shape index (κ1) is 16.7. The van der Waals surface area contributed by atoms with Gasteiger partial charge >= 0.3 is 0 Å². The van der Waals surface area contributed by atoms with Crippen molar-refractivity contribution in [2.75, 3.05) is 0 Å². The second-order valence-electron chi connectivity index (χ2n) is 8.64. The maximum absolute atomic E-state index is 14.5. The zero-order chi connectivity index (χ0) is 18.9. The molecular weight excluding hydrogens is 348 g/mol. The largest absolute Gasteiger partial charge is 0.439 e. The normalized spacial score (nSPS) is 21.1. The van der Waals surface area contributed by atoms with Crippen molar-refractivity contribution in [2.24, 2.45) is 0 Å². The highest BCUT2D eigenvalue weighted by molar-refractivity contribution is 5.62. The number of hydrogen-bond acceptors (Lipinski definition) is 3. The molecule has 0 unspecified atom stereocenters. The van der Waals surface area contributed by atoms with E-state index < -0.39 is 11.6 Å². The molecule has 2 aliphatic rings. The zero-order valence-corrected chi connectivity index (χ0v) is 15.6. The lowest BCUT2D eigenvalue weighted by molar-refractivity contribution is 0.414. The van der Waals surface area contributed by atoms with E-state index in [1.165, 1.54) is 12.1 Å². The van der Waals surface area contributed by atoms with Gasteiger partial charge in [-0.05, 0) is 37.3 Å². The molecule has 0 radical (unpaired) electrons. The van der Waals surface area contributed by atoms with E-state index in [4.69, 9.17) is 9.52 Å². The summed E-state index contributed by atoms with van der Waals surface area (Å²) in [7, 11) is 0. The van der Waals surface area contributed by atoms with Crippen LogP contribution in [0.25, 0.3) is 17.3 Å². The summed E-state index contributed by atoms with van der Waals surface area (Å²) in [5, 5.41) is 4.70. The Labute approximate surface area is 156 Å². The van der Waals surface area contributed by atoms with Crippen LogP contribution in [0, 0.1) is 11.6 Å². The highest BCUT2D eigenvalue weighted by Gasteiger charge is 2.44. The van der Waals surface area contributed by atoms with Gasteiger partial charge in [0.25, 0.3) is 0 Å². The lowest BCUT2D eigenvalue weighted by Gasteiger charge is -2.14. The van der Waals surface area contributed by atoms with Crippen molar-refractivity contribution in [3.8, 4) is 17.3 Å². The Kier molecular flexibility index (Phi) is 3.39. The third-order valence-corrected chi connectivity index (χ3v) is 5.77. The van der Waals surface area contributed by atoms with Gasteiger partial charge in [-0.25, -0.2) is 18.4 Å². The molecule has 2 aliphatic carbocycles. The van der Waals surface area contributed by atoms with Crippen LogP contribution in [-0.4, -0.2) is 14.8 Å². The van der Waals surface area contributed by atoms with Crippen molar-refractivity contribution >= 4 is 0 Å². The second-order valence-corrected chi connectivity index (χ2v) is 8.64. The molecule has 2 heterocycles. The van der Waals surface area contributed by atoms with Crippen molar-refractivity contribution in [1.82, 2.24) is 14.8 Å². The van der Waals surface area contributed by atoms with Crippen LogP contribution in [0.1, 0.15) is 68.9 Å². The fourth-order valence-electron chi connectivity index (χ4n) is 4.46.